The lowest BCUT2D eigenvalue weighted by Crippen LogP contribution is -2.15. The zero-order valence-electron chi connectivity index (χ0n) is 9.51. The predicted octanol–water partition coefficient (Wildman–Crippen LogP) is 1.89. The fourth-order valence-electron chi connectivity index (χ4n) is 2.03. The summed E-state index contributed by atoms with van der Waals surface area (Å²) in [6.45, 7) is 0.569. The van der Waals surface area contributed by atoms with Crippen molar-refractivity contribution in [1.82, 2.24) is 15.5 Å². The van der Waals surface area contributed by atoms with Crippen LogP contribution >= 0.6 is 15.9 Å². The minimum Gasteiger partial charge on any atom is -0.392 e. The molecule has 0 aliphatic carbocycles. The molecule has 0 bridgehead atoms. The van der Waals surface area contributed by atoms with Gasteiger partial charge in [0.05, 0.1) is 12.1 Å². The van der Waals surface area contributed by atoms with Gasteiger partial charge in [0.15, 0.2) is 0 Å². The molecule has 3 rings (SSSR count). The molecule has 1 aliphatic rings. The Morgan fingerprint density at radius 1 is 1.44 bits per heavy atom. The number of aliphatic hydroxyl groups excluding tert-OH is 1. The van der Waals surface area contributed by atoms with Crippen molar-refractivity contribution in [3.63, 3.8) is 0 Å². The Balaban J connectivity index is 1.85. The Hall–Kier alpha value is -1.24. The SMILES string of the molecule is O[C@H]1CN[C@@H](c2nc(-c3cccc(Br)c3)no2)C1. The Morgan fingerprint density at radius 3 is 3.06 bits per heavy atom. The van der Waals surface area contributed by atoms with Crippen molar-refractivity contribution in [1.29, 1.82) is 0 Å². The summed E-state index contributed by atoms with van der Waals surface area (Å²) in [5.74, 6) is 1.09. The van der Waals surface area contributed by atoms with Gasteiger partial charge in [-0.3, -0.25) is 0 Å². The number of β-amino-alcohol motifs (C(OH)–C–C–N with tert-alkyl or cyclic N) is 1. The average molecular weight is 310 g/mol. The normalized spacial score (nSPS) is 23.4. The minimum absolute atomic E-state index is 0.0478. The molecule has 2 aromatic rings. The van der Waals surface area contributed by atoms with Gasteiger partial charge in [0.25, 0.3) is 0 Å². The topological polar surface area (TPSA) is 71.2 Å². The van der Waals surface area contributed by atoms with E-state index in [0.29, 0.717) is 24.7 Å². The third-order valence-corrected chi connectivity index (χ3v) is 3.42. The van der Waals surface area contributed by atoms with Crippen molar-refractivity contribution in [2.24, 2.45) is 0 Å². The van der Waals surface area contributed by atoms with E-state index in [-0.39, 0.29) is 12.1 Å². The molecule has 6 heteroatoms. The summed E-state index contributed by atoms with van der Waals surface area (Å²) in [6, 6.07) is 7.68. The van der Waals surface area contributed by atoms with Crippen LogP contribution in [0.4, 0.5) is 0 Å². The van der Waals surface area contributed by atoms with Crippen LogP contribution < -0.4 is 5.32 Å². The number of nitrogens with zero attached hydrogens (tertiary/aromatic N) is 2. The van der Waals surface area contributed by atoms with Crippen molar-refractivity contribution in [2.45, 2.75) is 18.6 Å². The smallest absolute Gasteiger partial charge is 0.244 e. The summed E-state index contributed by atoms with van der Waals surface area (Å²) in [5.41, 5.74) is 0.901. The summed E-state index contributed by atoms with van der Waals surface area (Å²) in [7, 11) is 0. The molecule has 1 aliphatic heterocycles. The summed E-state index contributed by atoms with van der Waals surface area (Å²) < 4.78 is 6.21. The van der Waals surface area contributed by atoms with Crippen molar-refractivity contribution in [3.8, 4) is 11.4 Å². The highest BCUT2D eigenvalue weighted by atomic mass is 79.9. The van der Waals surface area contributed by atoms with Gasteiger partial charge in [-0.05, 0) is 18.6 Å². The lowest BCUT2D eigenvalue weighted by Gasteiger charge is -2.01. The highest BCUT2D eigenvalue weighted by Gasteiger charge is 2.28. The van der Waals surface area contributed by atoms with Crippen LogP contribution in [0, 0.1) is 0 Å². The van der Waals surface area contributed by atoms with Crippen LogP contribution in [0.1, 0.15) is 18.4 Å². The molecular formula is C12H12BrN3O2. The molecule has 0 saturated carbocycles. The fraction of sp³-hybridized carbons (Fsp3) is 0.333. The first-order chi connectivity index (χ1) is 8.72. The minimum atomic E-state index is -0.337. The zero-order chi connectivity index (χ0) is 12.5. The molecule has 1 aromatic heterocycles. The molecule has 0 unspecified atom stereocenters. The molecule has 0 radical (unpaired) electrons. The Morgan fingerprint density at radius 2 is 2.33 bits per heavy atom. The number of aliphatic hydroxyl groups is 1. The third kappa shape index (κ3) is 2.31. The summed E-state index contributed by atoms with van der Waals surface area (Å²) >= 11 is 3.41. The molecule has 2 heterocycles. The van der Waals surface area contributed by atoms with Gasteiger partial charge >= 0.3 is 0 Å². The molecule has 2 N–H and O–H groups in total. The van der Waals surface area contributed by atoms with Gasteiger partial charge in [0.1, 0.15) is 0 Å². The number of rotatable bonds is 2. The maximum atomic E-state index is 9.46. The van der Waals surface area contributed by atoms with Gasteiger partial charge in [-0.15, -0.1) is 0 Å². The largest absolute Gasteiger partial charge is 0.392 e. The molecular weight excluding hydrogens is 298 g/mol. The molecule has 0 amide bonds. The second kappa shape index (κ2) is 4.79. The molecule has 2 atom stereocenters. The van der Waals surface area contributed by atoms with Crippen LogP contribution in [0.25, 0.3) is 11.4 Å². The third-order valence-electron chi connectivity index (χ3n) is 2.93. The number of nitrogens with one attached hydrogen (secondary N) is 1. The Labute approximate surface area is 112 Å². The van der Waals surface area contributed by atoms with Crippen molar-refractivity contribution in [3.05, 3.63) is 34.6 Å². The van der Waals surface area contributed by atoms with Crippen LogP contribution in [0.15, 0.2) is 33.3 Å². The number of halogens is 1. The summed E-state index contributed by atoms with van der Waals surface area (Å²) in [6.07, 6.45) is 0.274. The second-order valence-corrected chi connectivity index (χ2v) is 5.23. The molecule has 5 nitrogen and oxygen atoms in total. The van der Waals surface area contributed by atoms with E-state index in [9.17, 15) is 5.11 Å². The van der Waals surface area contributed by atoms with E-state index in [1.54, 1.807) is 0 Å². The van der Waals surface area contributed by atoms with E-state index in [1.807, 2.05) is 24.3 Å². The van der Waals surface area contributed by atoms with Crippen molar-refractivity contribution < 1.29 is 9.63 Å². The van der Waals surface area contributed by atoms with Crippen LogP contribution in [0.5, 0.6) is 0 Å². The first-order valence-electron chi connectivity index (χ1n) is 5.73. The maximum absolute atomic E-state index is 9.46. The molecule has 1 aromatic carbocycles. The number of hydrogen-bond donors (Lipinski definition) is 2. The van der Waals surface area contributed by atoms with Crippen LogP contribution in [-0.2, 0) is 0 Å². The summed E-state index contributed by atoms with van der Waals surface area (Å²) in [4.78, 5) is 4.37. The standard InChI is InChI=1S/C12H12BrN3O2/c13-8-3-1-2-7(4-8)11-15-12(18-16-11)10-5-9(17)6-14-10/h1-4,9-10,14,17H,5-6H2/t9-,10-/m1/s1. The average Bonchev–Trinajstić information content (AvgIpc) is 2.97. The lowest BCUT2D eigenvalue weighted by molar-refractivity contribution is 0.191. The monoisotopic (exact) mass is 309 g/mol. The Bertz CT molecular complexity index is 558. The second-order valence-electron chi connectivity index (χ2n) is 4.32. The van der Waals surface area contributed by atoms with E-state index < -0.39 is 0 Å². The van der Waals surface area contributed by atoms with Crippen molar-refractivity contribution in [2.75, 3.05) is 6.54 Å². The molecule has 1 saturated heterocycles. The van der Waals surface area contributed by atoms with Gasteiger partial charge in [-0.25, -0.2) is 0 Å². The zero-order valence-corrected chi connectivity index (χ0v) is 11.1. The first kappa shape index (κ1) is 11.8. The van der Waals surface area contributed by atoms with E-state index in [0.717, 1.165) is 10.0 Å². The van der Waals surface area contributed by atoms with Gasteiger partial charge in [0.2, 0.25) is 11.7 Å². The molecule has 94 valence electrons. The number of hydrogen-bond acceptors (Lipinski definition) is 5. The van der Waals surface area contributed by atoms with E-state index in [2.05, 4.69) is 31.4 Å². The van der Waals surface area contributed by atoms with Gasteiger partial charge in [-0.2, -0.15) is 4.98 Å². The quantitative estimate of drug-likeness (QED) is 0.886. The lowest BCUT2D eigenvalue weighted by atomic mass is 10.2. The Kier molecular flexibility index (Phi) is 3.15. The first-order valence-corrected chi connectivity index (χ1v) is 6.52. The highest BCUT2D eigenvalue weighted by Crippen LogP contribution is 2.25. The number of aromatic nitrogens is 2. The van der Waals surface area contributed by atoms with Gasteiger partial charge in [-0.1, -0.05) is 33.2 Å². The molecule has 0 spiro atoms. The predicted molar refractivity (Wildman–Crippen MR) is 68.8 cm³/mol. The maximum Gasteiger partial charge on any atom is 0.244 e. The van der Waals surface area contributed by atoms with Crippen LogP contribution in [0.2, 0.25) is 0 Å². The van der Waals surface area contributed by atoms with Crippen LogP contribution in [-0.4, -0.2) is 27.9 Å². The van der Waals surface area contributed by atoms with Gasteiger partial charge < -0.3 is 14.9 Å². The van der Waals surface area contributed by atoms with Crippen molar-refractivity contribution >= 4 is 15.9 Å². The number of benzene rings is 1. The van der Waals surface area contributed by atoms with E-state index >= 15 is 0 Å². The van der Waals surface area contributed by atoms with Gasteiger partial charge in [0, 0.05) is 16.6 Å². The summed E-state index contributed by atoms with van der Waals surface area (Å²) in [5, 5.41) is 16.6. The highest BCUT2D eigenvalue weighted by molar-refractivity contribution is 9.10. The molecule has 1 fully saturated rings. The molecule has 18 heavy (non-hydrogen) atoms. The van der Waals surface area contributed by atoms with E-state index in [4.69, 9.17) is 4.52 Å². The van der Waals surface area contributed by atoms with Crippen LogP contribution in [0.3, 0.4) is 0 Å². The fourth-order valence-corrected chi connectivity index (χ4v) is 2.43. The van der Waals surface area contributed by atoms with E-state index in [1.165, 1.54) is 0 Å².